The summed E-state index contributed by atoms with van der Waals surface area (Å²) in [5, 5.41) is 7.91. The molecule has 0 radical (unpaired) electrons. The third-order valence-electron chi connectivity index (χ3n) is 4.27. The number of benzene rings is 1. The molecule has 6 nitrogen and oxygen atoms in total. The van der Waals surface area contributed by atoms with Gasteiger partial charge < -0.3 is 10.6 Å². The molecule has 1 aromatic carbocycles. The molecular weight excluding hydrogens is 276 g/mol. The molecule has 0 spiro atoms. The van der Waals surface area contributed by atoms with Crippen molar-refractivity contribution in [1.82, 2.24) is 20.2 Å². The van der Waals surface area contributed by atoms with Gasteiger partial charge in [0.05, 0.1) is 17.9 Å². The Kier molecular flexibility index (Phi) is 3.23. The molecule has 3 aromatic rings. The second kappa shape index (κ2) is 5.38. The van der Waals surface area contributed by atoms with Crippen LogP contribution in [-0.4, -0.2) is 32.9 Å². The minimum absolute atomic E-state index is 0.0319. The summed E-state index contributed by atoms with van der Waals surface area (Å²) in [7, 11) is 0. The van der Waals surface area contributed by atoms with Crippen molar-refractivity contribution in [3.63, 3.8) is 0 Å². The van der Waals surface area contributed by atoms with Crippen LogP contribution in [0.1, 0.15) is 19.3 Å². The second-order valence-corrected chi connectivity index (χ2v) is 5.67. The fourth-order valence-electron chi connectivity index (χ4n) is 3.08. The number of hydrogen-bond donors (Lipinski definition) is 2. The molecule has 112 valence electrons. The number of hydrogen-bond acceptors (Lipinski definition) is 5. The van der Waals surface area contributed by atoms with Crippen LogP contribution in [0.4, 0.5) is 5.82 Å². The maximum atomic E-state index is 6.29. The van der Waals surface area contributed by atoms with E-state index in [1.807, 2.05) is 18.5 Å². The first-order valence-electron chi connectivity index (χ1n) is 7.59. The number of anilines is 1. The summed E-state index contributed by atoms with van der Waals surface area (Å²) in [6.45, 7) is 0.948. The average molecular weight is 294 g/mol. The van der Waals surface area contributed by atoms with Gasteiger partial charge in [-0.2, -0.15) is 5.10 Å². The fourth-order valence-corrected chi connectivity index (χ4v) is 3.08. The molecule has 0 amide bonds. The van der Waals surface area contributed by atoms with E-state index in [-0.39, 0.29) is 6.17 Å². The molecule has 3 heterocycles. The maximum absolute atomic E-state index is 6.29. The first-order chi connectivity index (χ1) is 10.8. The first-order valence-corrected chi connectivity index (χ1v) is 7.59. The summed E-state index contributed by atoms with van der Waals surface area (Å²) < 4.78 is 0. The highest BCUT2D eigenvalue weighted by Gasteiger charge is 2.22. The van der Waals surface area contributed by atoms with Gasteiger partial charge in [0.15, 0.2) is 0 Å². The van der Waals surface area contributed by atoms with Crippen LogP contribution in [-0.2, 0) is 0 Å². The molecule has 2 aromatic heterocycles. The lowest BCUT2D eigenvalue weighted by Gasteiger charge is -2.34. The van der Waals surface area contributed by atoms with Crippen LogP contribution in [0.5, 0.6) is 0 Å². The molecule has 1 atom stereocenters. The van der Waals surface area contributed by atoms with E-state index in [0.717, 1.165) is 47.2 Å². The standard InChI is InChI=1S/C16H18N6/c17-15-3-1-2-6-22(15)16-13-7-11(12-8-20-21-9-12)4-5-14(13)18-10-19-16/h4-5,7-10,15H,1-3,6,17H2,(H,20,21). The van der Waals surface area contributed by atoms with Crippen LogP contribution in [0.2, 0.25) is 0 Å². The number of aromatic nitrogens is 4. The van der Waals surface area contributed by atoms with E-state index < -0.39 is 0 Å². The normalized spacial score (nSPS) is 18.8. The third kappa shape index (κ3) is 2.21. The molecule has 4 rings (SSSR count). The lowest BCUT2D eigenvalue weighted by atomic mass is 10.0. The lowest BCUT2D eigenvalue weighted by Crippen LogP contribution is -2.46. The molecule has 1 aliphatic heterocycles. The number of nitrogens with zero attached hydrogens (tertiary/aromatic N) is 4. The van der Waals surface area contributed by atoms with Gasteiger partial charge in [0.1, 0.15) is 12.1 Å². The Morgan fingerprint density at radius 1 is 1.18 bits per heavy atom. The average Bonchev–Trinajstić information content (AvgIpc) is 3.09. The van der Waals surface area contributed by atoms with E-state index in [1.54, 1.807) is 6.33 Å². The Bertz CT molecular complexity index is 782. The number of nitrogens with two attached hydrogens (primary N) is 1. The van der Waals surface area contributed by atoms with E-state index >= 15 is 0 Å². The summed E-state index contributed by atoms with van der Waals surface area (Å²) in [4.78, 5) is 11.1. The van der Waals surface area contributed by atoms with E-state index in [1.165, 1.54) is 6.42 Å². The van der Waals surface area contributed by atoms with Crippen LogP contribution in [0.15, 0.2) is 36.9 Å². The summed E-state index contributed by atoms with van der Waals surface area (Å²) >= 11 is 0. The molecule has 3 N–H and O–H groups in total. The van der Waals surface area contributed by atoms with Gasteiger partial charge in [-0.3, -0.25) is 5.10 Å². The highest BCUT2D eigenvalue weighted by molar-refractivity contribution is 5.92. The predicted molar refractivity (Wildman–Crippen MR) is 86.3 cm³/mol. The quantitative estimate of drug-likeness (QED) is 0.757. The van der Waals surface area contributed by atoms with Crippen LogP contribution < -0.4 is 10.6 Å². The van der Waals surface area contributed by atoms with E-state index in [2.05, 4.69) is 37.2 Å². The van der Waals surface area contributed by atoms with Crippen molar-refractivity contribution in [3.05, 3.63) is 36.9 Å². The Balaban J connectivity index is 1.85. The van der Waals surface area contributed by atoms with Crippen LogP contribution in [0.25, 0.3) is 22.0 Å². The van der Waals surface area contributed by atoms with Gasteiger partial charge in [-0.1, -0.05) is 6.07 Å². The number of nitrogens with one attached hydrogen (secondary N) is 1. The fraction of sp³-hybridized carbons (Fsp3) is 0.312. The van der Waals surface area contributed by atoms with E-state index in [4.69, 9.17) is 5.73 Å². The first kappa shape index (κ1) is 13.2. The molecule has 22 heavy (non-hydrogen) atoms. The number of rotatable bonds is 2. The van der Waals surface area contributed by atoms with Gasteiger partial charge in [-0.25, -0.2) is 9.97 Å². The third-order valence-corrected chi connectivity index (χ3v) is 4.27. The highest BCUT2D eigenvalue weighted by atomic mass is 15.3. The zero-order valence-electron chi connectivity index (χ0n) is 12.2. The van der Waals surface area contributed by atoms with Gasteiger partial charge in [0, 0.05) is 23.7 Å². The SMILES string of the molecule is NC1CCCCN1c1ncnc2ccc(-c3cn[nH]c3)cc12. The number of fused-ring (bicyclic) bond motifs is 1. The zero-order chi connectivity index (χ0) is 14.9. The summed E-state index contributed by atoms with van der Waals surface area (Å²) in [6.07, 6.45) is 8.70. The van der Waals surface area contributed by atoms with Crippen molar-refractivity contribution in [1.29, 1.82) is 0 Å². The van der Waals surface area contributed by atoms with Gasteiger partial charge >= 0.3 is 0 Å². The largest absolute Gasteiger partial charge is 0.341 e. The zero-order valence-corrected chi connectivity index (χ0v) is 12.2. The summed E-state index contributed by atoms with van der Waals surface area (Å²) in [5.41, 5.74) is 9.38. The Morgan fingerprint density at radius 2 is 2.14 bits per heavy atom. The summed E-state index contributed by atoms with van der Waals surface area (Å²) in [5.74, 6) is 0.933. The van der Waals surface area contributed by atoms with Crippen LogP contribution >= 0.6 is 0 Å². The number of aromatic amines is 1. The van der Waals surface area contributed by atoms with Gasteiger partial charge in [-0.05, 0) is 37.0 Å². The van der Waals surface area contributed by atoms with Gasteiger partial charge in [0.2, 0.25) is 0 Å². The van der Waals surface area contributed by atoms with Crippen molar-refractivity contribution in [3.8, 4) is 11.1 Å². The Hall–Kier alpha value is -2.47. The molecule has 1 fully saturated rings. The van der Waals surface area contributed by atoms with E-state index in [9.17, 15) is 0 Å². The van der Waals surface area contributed by atoms with Crippen molar-refractivity contribution >= 4 is 16.7 Å². The van der Waals surface area contributed by atoms with Crippen molar-refractivity contribution < 1.29 is 0 Å². The molecule has 1 aliphatic rings. The Morgan fingerprint density at radius 3 is 2.95 bits per heavy atom. The molecule has 1 saturated heterocycles. The molecule has 6 heteroatoms. The monoisotopic (exact) mass is 294 g/mol. The maximum Gasteiger partial charge on any atom is 0.141 e. The lowest BCUT2D eigenvalue weighted by molar-refractivity contribution is 0.467. The number of H-pyrrole nitrogens is 1. The van der Waals surface area contributed by atoms with Crippen molar-refractivity contribution in [2.24, 2.45) is 5.73 Å². The van der Waals surface area contributed by atoms with E-state index in [0.29, 0.717) is 0 Å². The van der Waals surface area contributed by atoms with Gasteiger partial charge in [0.25, 0.3) is 0 Å². The summed E-state index contributed by atoms with van der Waals surface area (Å²) in [6, 6.07) is 6.20. The number of piperidine rings is 1. The highest BCUT2D eigenvalue weighted by Crippen LogP contribution is 2.30. The second-order valence-electron chi connectivity index (χ2n) is 5.67. The van der Waals surface area contributed by atoms with Crippen LogP contribution in [0.3, 0.4) is 0 Å². The van der Waals surface area contributed by atoms with Crippen LogP contribution in [0, 0.1) is 0 Å². The molecular formula is C16H18N6. The van der Waals surface area contributed by atoms with Crippen molar-refractivity contribution in [2.45, 2.75) is 25.4 Å². The molecule has 1 unspecified atom stereocenters. The minimum atomic E-state index is 0.0319. The predicted octanol–water partition coefficient (Wildman–Crippen LogP) is 2.29. The molecule has 0 bridgehead atoms. The molecule has 0 saturated carbocycles. The van der Waals surface area contributed by atoms with Gasteiger partial charge in [-0.15, -0.1) is 0 Å². The molecule has 0 aliphatic carbocycles. The smallest absolute Gasteiger partial charge is 0.141 e. The topological polar surface area (TPSA) is 83.7 Å². The minimum Gasteiger partial charge on any atom is -0.341 e. The Labute approximate surface area is 128 Å². The van der Waals surface area contributed by atoms with Crippen molar-refractivity contribution in [2.75, 3.05) is 11.4 Å².